The maximum Gasteiger partial charge on any atom is 0.0323 e. The van der Waals surface area contributed by atoms with E-state index < -0.39 is 0 Å². The van der Waals surface area contributed by atoms with Gasteiger partial charge in [0.25, 0.3) is 0 Å². The van der Waals surface area contributed by atoms with Crippen LogP contribution in [0.15, 0.2) is 22.7 Å². The SMILES string of the molecule is CCCCC(NCC)c1cccc(Br)c1C. The van der Waals surface area contributed by atoms with E-state index in [9.17, 15) is 0 Å². The van der Waals surface area contributed by atoms with Crippen molar-refractivity contribution in [2.45, 2.75) is 46.1 Å². The summed E-state index contributed by atoms with van der Waals surface area (Å²) >= 11 is 3.61. The second-order valence-electron chi connectivity index (χ2n) is 4.21. The normalized spacial score (nSPS) is 12.8. The van der Waals surface area contributed by atoms with Crippen LogP contribution in [0.25, 0.3) is 0 Å². The molecule has 2 heteroatoms. The molecule has 0 fully saturated rings. The minimum Gasteiger partial charge on any atom is -0.310 e. The third-order valence-electron chi connectivity index (χ3n) is 2.98. The molecule has 0 aliphatic heterocycles. The van der Waals surface area contributed by atoms with Crippen LogP contribution in [-0.2, 0) is 0 Å². The second kappa shape index (κ2) is 7.08. The molecule has 1 atom stereocenters. The lowest BCUT2D eigenvalue weighted by molar-refractivity contribution is 0.492. The third kappa shape index (κ3) is 3.60. The van der Waals surface area contributed by atoms with Gasteiger partial charge in [-0.05, 0) is 37.1 Å². The molecule has 0 radical (unpaired) electrons. The molecule has 1 rings (SSSR count). The molecule has 0 aliphatic rings. The van der Waals surface area contributed by atoms with Crippen molar-refractivity contribution in [2.75, 3.05) is 6.54 Å². The Balaban J connectivity index is 2.86. The highest BCUT2D eigenvalue weighted by Gasteiger charge is 2.12. The molecule has 16 heavy (non-hydrogen) atoms. The Kier molecular flexibility index (Phi) is 6.07. The highest BCUT2D eigenvalue weighted by Crippen LogP contribution is 2.27. The summed E-state index contributed by atoms with van der Waals surface area (Å²) in [5.74, 6) is 0. The van der Waals surface area contributed by atoms with Gasteiger partial charge < -0.3 is 5.32 Å². The van der Waals surface area contributed by atoms with Gasteiger partial charge in [-0.3, -0.25) is 0 Å². The van der Waals surface area contributed by atoms with Crippen molar-refractivity contribution in [1.82, 2.24) is 5.32 Å². The fourth-order valence-corrected chi connectivity index (χ4v) is 2.41. The number of benzene rings is 1. The van der Waals surface area contributed by atoms with Crippen LogP contribution in [0.3, 0.4) is 0 Å². The first-order chi connectivity index (χ1) is 7.70. The van der Waals surface area contributed by atoms with Crippen LogP contribution in [0.5, 0.6) is 0 Å². The number of hydrogen-bond acceptors (Lipinski definition) is 1. The first-order valence-corrected chi connectivity index (χ1v) is 6.98. The number of hydrogen-bond donors (Lipinski definition) is 1. The van der Waals surface area contributed by atoms with Crippen LogP contribution in [-0.4, -0.2) is 6.54 Å². The van der Waals surface area contributed by atoms with Crippen LogP contribution in [0.1, 0.15) is 50.3 Å². The van der Waals surface area contributed by atoms with Crippen molar-refractivity contribution >= 4 is 15.9 Å². The fourth-order valence-electron chi connectivity index (χ4n) is 2.02. The summed E-state index contributed by atoms with van der Waals surface area (Å²) in [6.07, 6.45) is 3.76. The predicted octanol–water partition coefficient (Wildman–Crippen LogP) is 4.60. The lowest BCUT2D eigenvalue weighted by Crippen LogP contribution is -2.21. The molecule has 0 aromatic heterocycles. The van der Waals surface area contributed by atoms with Gasteiger partial charge in [-0.1, -0.05) is 54.8 Å². The van der Waals surface area contributed by atoms with E-state index in [4.69, 9.17) is 0 Å². The molecule has 0 spiro atoms. The molecule has 0 amide bonds. The Morgan fingerprint density at radius 3 is 2.69 bits per heavy atom. The fraction of sp³-hybridized carbons (Fsp3) is 0.571. The van der Waals surface area contributed by atoms with Crippen LogP contribution in [0.2, 0.25) is 0 Å². The minimum atomic E-state index is 0.502. The Hall–Kier alpha value is -0.340. The standard InChI is InChI=1S/C14H22BrN/c1-4-6-10-14(16-5-2)12-8-7-9-13(15)11(12)3/h7-9,14,16H,4-6,10H2,1-3H3. The lowest BCUT2D eigenvalue weighted by Gasteiger charge is -2.20. The van der Waals surface area contributed by atoms with E-state index in [0.717, 1.165) is 6.54 Å². The van der Waals surface area contributed by atoms with Gasteiger partial charge in [0.1, 0.15) is 0 Å². The van der Waals surface area contributed by atoms with E-state index in [1.165, 1.54) is 34.9 Å². The number of nitrogens with one attached hydrogen (secondary N) is 1. The monoisotopic (exact) mass is 283 g/mol. The summed E-state index contributed by atoms with van der Waals surface area (Å²) in [4.78, 5) is 0. The number of halogens is 1. The molecule has 1 N–H and O–H groups in total. The first-order valence-electron chi connectivity index (χ1n) is 6.19. The van der Waals surface area contributed by atoms with Gasteiger partial charge in [-0.15, -0.1) is 0 Å². The molecular formula is C14H22BrN. The maximum atomic E-state index is 3.61. The summed E-state index contributed by atoms with van der Waals surface area (Å²) in [6.45, 7) is 7.64. The van der Waals surface area contributed by atoms with Gasteiger partial charge in [-0.25, -0.2) is 0 Å². The molecule has 1 aromatic carbocycles. The van der Waals surface area contributed by atoms with Crippen LogP contribution < -0.4 is 5.32 Å². The molecule has 0 saturated carbocycles. The summed E-state index contributed by atoms with van der Waals surface area (Å²) in [5, 5.41) is 3.58. The zero-order valence-electron chi connectivity index (χ0n) is 10.5. The van der Waals surface area contributed by atoms with E-state index >= 15 is 0 Å². The molecule has 0 heterocycles. The zero-order chi connectivity index (χ0) is 12.0. The molecule has 0 aliphatic carbocycles. The lowest BCUT2D eigenvalue weighted by atomic mass is 9.97. The maximum absolute atomic E-state index is 3.61. The average Bonchev–Trinajstić information content (AvgIpc) is 2.28. The minimum absolute atomic E-state index is 0.502. The van der Waals surface area contributed by atoms with Crippen molar-refractivity contribution in [3.05, 3.63) is 33.8 Å². The van der Waals surface area contributed by atoms with Crippen molar-refractivity contribution in [1.29, 1.82) is 0 Å². The molecule has 1 aromatic rings. The van der Waals surface area contributed by atoms with Crippen molar-refractivity contribution in [3.63, 3.8) is 0 Å². The topological polar surface area (TPSA) is 12.0 Å². The Morgan fingerprint density at radius 2 is 2.06 bits per heavy atom. The average molecular weight is 284 g/mol. The third-order valence-corrected chi connectivity index (χ3v) is 3.84. The summed E-state index contributed by atoms with van der Waals surface area (Å²) in [6, 6.07) is 6.98. The van der Waals surface area contributed by atoms with Crippen molar-refractivity contribution in [3.8, 4) is 0 Å². The van der Waals surface area contributed by atoms with Gasteiger partial charge >= 0.3 is 0 Å². The summed E-state index contributed by atoms with van der Waals surface area (Å²) < 4.78 is 1.21. The second-order valence-corrected chi connectivity index (χ2v) is 5.06. The van der Waals surface area contributed by atoms with Gasteiger partial charge in [-0.2, -0.15) is 0 Å². The van der Waals surface area contributed by atoms with Crippen molar-refractivity contribution in [2.24, 2.45) is 0 Å². The van der Waals surface area contributed by atoms with Gasteiger partial charge in [0.2, 0.25) is 0 Å². The highest BCUT2D eigenvalue weighted by molar-refractivity contribution is 9.10. The molecule has 90 valence electrons. The van der Waals surface area contributed by atoms with E-state index in [1.54, 1.807) is 0 Å². The smallest absolute Gasteiger partial charge is 0.0323 e. The molecule has 1 nitrogen and oxygen atoms in total. The molecule has 1 unspecified atom stereocenters. The van der Waals surface area contributed by atoms with Crippen LogP contribution >= 0.6 is 15.9 Å². The largest absolute Gasteiger partial charge is 0.310 e. The number of unbranched alkanes of at least 4 members (excludes halogenated alkanes) is 1. The number of rotatable bonds is 6. The van der Waals surface area contributed by atoms with E-state index in [0.29, 0.717) is 6.04 Å². The van der Waals surface area contributed by atoms with Crippen molar-refractivity contribution < 1.29 is 0 Å². The predicted molar refractivity (Wildman–Crippen MR) is 74.8 cm³/mol. The van der Waals surface area contributed by atoms with E-state index in [1.807, 2.05) is 0 Å². The van der Waals surface area contributed by atoms with Gasteiger partial charge in [0.15, 0.2) is 0 Å². The Labute approximate surface area is 108 Å². The van der Waals surface area contributed by atoms with Crippen LogP contribution in [0, 0.1) is 6.92 Å². The van der Waals surface area contributed by atoms with Crippen LogP contribution in [0.4, 0.5) is 0 Å². The van der Waals surface area contributed by atoms with E-state index in [-0.39, 0.29) is 0 Å². The highest BCUT2D eigenvalue weighted by atomic mass is 79.9. The molecule has 0 bridgehead atoms. The van der Waals surface area contributed by atoms with Gasteiger partial charge in [0.05, 0.1) is 0 Å². The zero-order valence-corrected chi connectivity index (χ0v) is 12.1. The van der Waals surface area contributed by atoms with Gasteiger partial charge in [0, 0.05) is 10.5 Å². The molecule has 0 saturated heterocycles. The Bertz CT molecular complexity index is 323. The molecular weight excluding hydrogens is 262 g/mol. The van der Waals surface area contributed by atoms with E-state index in [2.05, 4.69) is 60.2 Å². The Morgan fingerprint density at radius 1 is 1.31 bits per heavy atom. The quantitative estimate of drug-likeness (QED) is 0.805. The first kappa shape index (κ1) is 13.7. The summed E-state index contributed by atoms with van der Waals surface area (Å²) in [7, 11) is 0. The summed E-state index contributed by atoms with van der Waals surface area (Å²) in [5.41, 5.74) is 2.80.